The third-order valence-corrected chi connectivity index (χ3v) is 3.15. The Morgan fingerprint density at radius 2 is 2.27 bits per heavy atom. The normalized spacial score (nSPS) is 24.9. The van der Waals surface area contributed by atoms with Crippen molar-refractivity contribution in [1.29, 1.82) is 0 Å². The van der Waals surface area contributed by atoms with E-state index in [4.69, 9.17) is 0 Å². The van der Waals surface area contributed by atoms with Crippen molar-refractivity contribution in [3.05, 3.63) is 17.5 Å². The van der Waals surface area contributed by atoms with Gasteiger partial charge in [0, 0.05) is 31.4 Å². The predicted octanol–water partition coefficient (Wildman–Crippen LogP) is 2.04. The maximum atomic E-state index is 4.50. The first-order valence-electron chi connectivity index (χ1n) is 5.83. The highest BCUT2D eigenvalue weighted by Crippen LogP contribution is 2.29. The van der Waals surface area contributed by atoms with Crippen LogP contribution in [0.25, 0.3) is 0 Å². The van der Waals surface area contributed by atoms with Crippen LogP contribution in [0.4, 0.5) is 0 Å². The third-order valence-electron chi connectivity index (χ3n) is 3.15. The van der Waals surface area contributed by atoms with Gasteiger partial charge in [0.15, 0.2) is 0 Å². The van der Waals surface area contributed by atoms with Gasteiger partial charge in [-0.3, -0.25) is 4.68 Å². The molecule has 1 aliphatic carbocycles. The van der Waals surface area contributed by atoms with Gasteiger partial charge in [-0.25, -0.2) is 0 Å². The summed E-state index contributed by atoms with van der Waals surface area (Å²) in [6.07, 6.45) is 3.46. The van der Waals surface area contributed by atoms with Crippen molar-refractivity contribution >= 4 is 0 Å². The quantitative estimate of drug-likeness (QED) is 0.819. The second kappa shape index (κ2) is 3.97. The van der Waals surface area contributed by atoms with Crippen LogP contribution in [-0.2, 0) is 13.6 Å². The van der Waals surface area contributed by atoms with Crippen molar-refractivity contribution < 1.29 is 0 Å². The summed E-state index contributed by atoms with van der Waals surface area (Å²) in [5.41, 5.74) is 2.59. The molecule has 1 saturated carbocycles. The molecule has 1 N–H and O–H groups in total. The fourth-order valence-electron chi connectivity index (χ4n) is 2.02. The van der Waals surface area contributed by atoms with E-state index in [0.717, 1.165) is 18.5 Å². The molecule has 15 heavy (non-hydrogen) atoms. The smallest absolute Gasteiger partial charge is 0.0694 e. The molecule has 3 heteroatoms. The summed E-state index contributed by atoms with van der Waals surface area (Å²) >= 11 is 0. The van der Waals surface area contributed by atoms with Gasteiger partial charge in [0.1, 0.15) is 0 Å². The Hall–Kier alpha value is -0.830. The highest BCUT2D eigenvalue weighted by Gasteiger charge is 2.31. The Morgan fingerprint density at radius 3 is 2.80 bits per heavy atom. The minimum Gasteiger partial charge on any atom is -0.310 e. The van der Waals surface area contributed by atoms with Crippen LogP contribution in [0.5, 0.6) is 0 Å². The zero-order valence-electron chi connectivity index (χ0n) is 10.1. The SMILES string of the molecule is CC(C)c1nn(C)cc1CNC1CC1C. The van der Waals surface area contributed by atoms with E-state index < -0.39 is 0 Å². The molecule has 0 saturated heterocycles. The first kappa shape index (κ1) is 10.7. The van der Waals surface area contributed by atoms with Gasteiger partial charge in [0.05, 0.1) is 5.69 Å². The molecule has 0 bridgehead atoms. The lowest BCUT2D eigenvalue weighted by atomic mass is 10.1. The zero-order chi connectivity index (χ0) is 11.0. The van der Waals surface area contributed by atoms with Crippen LogP contribution >= 0.6 is 0 Å². The van der Waals surface area contributed by atoms with Crippen LogP contribution in [0.1, 0.15) is 44.4 Å². The summed E-state index contributed by atoms with van der Waals surface area (Å²) in [5, 5.41) is 8.08. The average molecular weight is 207 g/mol. The topological polar surface area (TPSA) is 29.9 Å². The van der Waals surface area contributed by atoms with Gasteiger partial charge in [-0.15, -0.1) is 0 Å². The molecule has 1 aliphatic rings. The molecule has 0 spiro atoms. The summed E-state index contributed by atoms with van der Waals surface area (Å²) in [7, 11) is 2.00. The van der Waals surface area contributed by atoms with E-state index in [2.05, 4.69) is 37.4 Å². The standard InChI is InChI=1S/C12H21N3/c1-8(2)12-10(7-15(4)14-12)6-13-11-5-9(11)3/h7-9,11,13H,5-6H2,1-4H3. The van der Waals surface area contributed by atoms with Crippen molar-refractivity contribution in [1.82, 2.24) is 15.1 Å². The van der Waals surface area contributed by atoms with Crippen LogP contribution in [0.2, 0.25) is 0 Å². The van der Waals surface area contributed by atoms with Crippen LogP contribution in [0, 0.1) is 5.92 Å². The summed E-state index contributed by atoms with van der Waals surface area (Å²) < 4.78 is 1.92. The van der Waals surface area contributed by atoms with Crippen molar-refractivity contribution in [3.63, 3.8) is 0 Å². The number of aromatic nitrogens is 2. The fraction of sp³-hybridized carbons (Fsp3) is 0.750. The second-order valence-electron chi connectivity index (χ2n) is 5.07. The number of nitrogens with one attached hydrogen (secondary N) is 1. The molecule has 1 fully saturated rings. The molecule has 0 amide bonds. The number of hydrogen-bond donors (Lipinski definition) is 1. The van der Waals surface area contributed by atoms with Gasteiger partial charge >= 0.3 is 0 Å². The molecule has 0 aliphatic heterocycles. The van der Waals surface area contributed by atoms with Crippen molar-refractivity contribution in [2.24, 2.45) is 13.0 Å². The molecule has 1 aromatic rings. The highest BCUT2D eigenvalue weighted by molar-refractivity contribution is 5.20. The first-order chi connectivity index (χ1) is 7.08. The van der Waals surface area contributed by atoms with Crippen LogP contribution in [0.3, 0.4) is 0 Å². The van der Waals surface area contributed by atoms with Crippen molar-refractivity contribution in [3.8, 4) is 0 Å². The summed E-state index contributed by atoms with van der Waals surface area (Å²) in [4.78, 5) is 0. The van der Waals surface area contributed by atoms with E-state index in [1.54, 1.807) is 0 Å². The van der Waals surface area contributed by atoms with E-state index in [9.17, 15) is 0 Å². The Morgan fingerprint density at radius 1 is 1.60 bits per heavy atom. The van der Waals surface area contributed by atoms with E-state index in [0.29, 0.717) is 5.92 Å². The van der Waals surface area contributed by atoms with Crippen molar-refractivity contribution in [2.45, 2.75) is 45.7 Å². The molecular formula is C12H21N3. The van der Waals surface area contributed by atoms with E-state index >= 15 is 0 Å². The maximum absolute atomic E-state index is 4.50. The Balaban J connectivity index is 1.99. The zero-order valence-corrected chi connectivity index (χ0v) is 10.1. The summed E-state index contributed by atoms with van der Waals surface area (Å²) in [6, 6.07) is 0.741. The molecular weight excluding hydrogens is 186 g/mol. The Kier molecular flexibility index (Phi) is 2.83. The largest absolute Gasteiger partial charge is 0.310 e. The Bertz CT molecular complexity index is 341. The fourth-order valence-corrected chi connectivity index (χ4v) is 2.02. The maximum Gasteiger partial charge on any atom is 0.0694 e. The lowest BCUT2D eigenvalue weighted by Crippen LogP contribution is -2.17. The van der Waals surface area contributed by atoms with Gasteiger partial charge in [-0.05, 0) is 18.3 Å². The lowest BCUT2D eigenvalue weighted by Gasteiger charge is -2.06. The van der Waals surface area contributed by atoms with Crippen LogP contribution in [-0.4, -0.2) is 15.8 Å². The van der Waals surface area contributed by atoms with Gasteiger partial charge < -0.3 is 5.32 Å². The van der Waals surface area contributed by atoms with Gasteiger partial charge in [-0.1, -0.05) is 20.8 Å². The minimum absolute atomic E-state index is 0.514. The molecule has 1 heterocycles. The monoisotopic (exact) mass is 207 g/mol. The number of rotatable bonds is 4. The number of hydrogen-bond acceptors (Lipinski definition) is 2. The molecule has 0 radical (unpaired) electrons. The number of aryl methyl sites for hydroxylation is 1. The van der Waals surface area contributed by atoms with E-state index in [-0.39, 0.29) is 0 Å². The first-order valence-corrected chi connectivity index (χ1v) is 5.83. The molecule has 1 aromatic heterocycles. The predicted molar refractivity (Wildman–Crippen MR) is 61.7 cm³/mol. The van der Waals surface area contributed by atoms with Crippen molar-refractivity contribution in [2.75, 3.05) is 0 Å². The molecule has 2 atom stereocenters. The van der Waals surface area contributed by atoms with E-state index in [1.807, 2.05) is 11.7 Å². The molecule has 2 rings (SSSR count). The van der Waals surface area contributed by atoms with Gasteiger partial charge in [-0.2, -0.15) is 5.10 Å². The van der Waals surface area contributed by atoms with Crippen LogP contribution in [0.15, 0.2) is 6.20 Å². The summed E-state index contributed by atoms with van der Waals surface area (Å²) in [5.74, 6) is 1.38. The lowest BCUT2D eigenvalue weighted by molar-refractivity contribution is 0.644. The minimum atomic E-state index is 0.514. The van der Waals surface area contributed by atoms with E-state index in [1.165, 1.54) is 17.7 Å². The molecule has 2 unspecified atom stereocenters. The third kappa shape index (κ3) is 2.40. The van der Waals surface area contributed by atoms with Crippen LogP contribution < -0.4 is 5.32 Å². The summed E-state index contributed by atoms with van der Waals surface area (Å²) in [6.45, 7) is 7.66. The average Bonchev–Trinajstić information content (AvgIpc) is 2.71. The van der Waals surface area contributed by atoms with Gasteiger partial charge in [0.2, 0.25) is 0 Å². The molecule has 3 nitrogen and oxygen atoms in total. The molecule has 84 valence electrons. The van der Waals surface area contributed by atoms with Gasteiger partial charge in [0.25, 0.3) is 0 Å². The highest BCUT2D eigenvalue weighted by atomic mass is 15.3. The number of nitrogens with zero attached hydrogens (tertiary/aromatic N) is 2. The Labute approximate surface area is 91.9 Å². The molecule has 0 aromatic carbocycles. The second-order valence-corrected chi connectivity index (χ2v) is 5.07.